The van der Waals surface area contributed by atoms with Gasteiger partial charge in [0.25, 0.3) is 0 Å². The van der Waals surface area contributed by atoms with Crippen LogP contribution in [-0.2, 0) is 6.54 Å². The van der Waals surface area contributed by atoms with Gasteiger partial charge >= 0.3 is 0 Å². The van der Waals surface area contributed by atoms with Gasteiger partial charge in [-0.05, 0) is 64.2 Å². The topological polar surface area (TPSA) is 32.5 Å². The molecule has 1 fully saturated rings. The van der Waals surface area contributed by atoms with Crippen molar-refractivity contribution in [3.05, 3.63) is 35.1 Å². The van der Waals surface area contributed by atoms with Crippen molar-refractivity contribution in [3.8, 4) is 0 Å². The number of thiocarbonyl (C=S) groups is 1. The predicted molar refractivity (Wildman–Crippen MR) is 88.9 cm³/mol. The number of benzene rings is 1. The van der Waals surface area contributed by atoms with Crippen molar-refractivity contribution in [2.24, 2.45) is 5.73 Å². The quantitative estimate of drug-likeness (QED) is 0.818. The molecule has 2 rings (SSSR count). The van der Waals surface area contributed by atoms with Crippen LogP contribution in [0.4, 0.5) is 4.39 Å². The molecule has 116 valence electrons. The third-order valence-corrected chi connectivity index (χ3v) is 4.73. The number of nitrogens with two attached hydrogens (primary N) is 1. The molecule has 1 aliphatic carbocycles. The van der Waals surface area contributed by atoms with Crippen LogP contribution in [0.25, 0.3) is 0 Å². The van der Waals surface area contributed by atoms with Crippen molar-refractivity contribution in [1.29, 1.82) is 0 Å². The molecule has 0 spiro atoms. The highest BCUT2D eigenvalue weighted by molar-refractivity contribution is 7.80. The molecule has 1 aliphatic rings. The van der Waals surface area contributed by atoms with E-state index in [4.69, 9.17) is 18.0 Å². The average molecular weight is 309 g/mol. The first-order valence-corrected chi connectivity index (χ1v) is 7.68. The molecule has 0 radical (unpaired) electrons. The van der Waals surface area contributed by atoms with Crippen LogP contribution >= 0.6 is 12.2 Å². The van der Waals surface area contributed by atoms with Crippen LogP contribution in [0.2, 0.25) is 0 Å². The lowest BCUT2D eigenvalue weighted by Gasteiger charge is -2.49. The van der Waals surface area contributed by atoms with E-state index in [-0.39, 0.29) is 16.3 Å². The average Bonchev–Trinajstić information content (AvgIpc) is 2.32. The minimum atomic E-state index is -0.283. The van der Waals surface area contributed by atoms with Gasteiger partial charge in [-0.15, -0.1) is 0 Å². The molecule has 1 aromatic carbocycles. The summed E-state index contributed by atoms with van der Waals surface area (Å²) in [5.74, 6) is -0.283. The summed E-state index contributed by atoms with van der Waals surface area (Å²) in [4.78, 5) is 4.80. The molecule has 1 aromatic rings. The lowest BCUT2D eigenvalue weighted by molar-refractivity contribution is 0.0259. The first-order valence-electron chi connectivity index (χ1n) is 7.28. The highest BCUT2D eigenvalue weighted by Gasteiger charge is 2.39. The smallest absolute Gasteiger partial charge is 0.124 e. The number of halogens is 1. The summed E-state index contributed by atoms with van der Waals surface area (Å²) in [6.07, 6.45) is 3.74. The third-order valence-electron chi connectivity index (χ3n) is 4.49. The van der Waals surface area contributed by atoms with Crippen molar-refractivity contribution < 1.29 is 4.39 Å². The minimum Gasteiger partial charge on any atom is -0.389 e. The van der Waals surface area contributed by atoms with E-state index in [1.807, 2.05) is 6.07 Å². The molecular weight excluding hydrogens is 285 g/mol. The molecular formula is C16H24FN3S. The molecule has 0 aromatic heterocycles. The molecule has 0 aliphatic heterocycles. The number of nitrogens with zero attached hydrogens (tertiary/aromatic N) is 2. The van der Waals surface area contributed by atoms with E-state index < -0.39 is 0 Å². The molecule has 21 heavy (non-hydrogen) atoms. The highest BCUT2D eigenvalue weighted by Crippen LogP contribution is 2.36. The van der Waals surface area contributed by atoms with Crippen molar-refractivity contribution in [2.45, 2.75) is 31.3 Å². The lowest BCUT2D eigenvalue weighted by atomic mass is 9.75. The zero-order chi connectivity index (χ0) is 15.6. The van der Waals surface area contributed by atoms with E-state index in [2.05, 4.69) is 30.9 Å². The molecule has 3 nitrogen and oxygen atoms in total. The van der Waals surface area contributed by atoms with Gasteiger partial charge in [-0.25, -0.2) is 4.39 Å². The Morgan fingerprint density at radius 1 is 1.29 bits per heavy atom. The Balaban J connectivity index is 2.06. The molecule has 0 atom stereocenters. The van der Waals surface area contributed by atoms with Crippen LogP contribution in [-0.4, -0.2) is 48.0 Å². The van der Waals surface area contributed by atoms with Gasteiger partial charge in [-0.1, -0.05) is 12.2 Å². The number of likely N-dealkylation sites (N-methyl/N-ethyl adjacent to an activating group) is 2. The van der Waals surface area contributed by atoms with Crippen molar-refractivity contribution in [2.75, 3.05) is 27.7 Å². The zero-order valence-corrected chi connectivity index (χ0v) is 13.8. The summed E-state index contributed by atoms with van der Waals surface area (Å²) in [5, 5.41) is 0. The van der Waals surface area contributed by atoms with E-state index in [0.29, 0.717) is 12.1 Å². The van der Waals surface area contributed by atoms with Gasteiger partial charge in [0.15, 0.2) is 0 Å². The van der Waals surface area contributed by atoms with Crippen LogP contribution in [0, 0.1) is 5.82 Å². The Morgan fingerprint density at radius 3 is 2.43 bits per heavy atom. The second kappa shape index (κ2) is 6.38. The van der Waals surface area contributed by atoms with Gasteiger partial charge in [-0.3, -0.25) is 0 Å². The third kappa shape index (κ3) is 3.78. The van der Waals surface area contributed by atoms with Gasteiger partial charge in [0.1, 0.15) is 10.8 Å². The minimum absolute atomic E-state index is 0.238. The number of rotatable bonds is 6. The molecule has 2 N–H and O–H groups in total. The van der Waals surface area contributed by atoms with E-state index in [1.54, 1.807) is 6.07 Å². The summed E-state index contributed by atoms with van der Waals surface area (Å²) < 4.78 is 13.6. The fraction of sp³-hybridized carbons (Fsp3) is 0.562. The van der Waals surface area contributed by atoms with E-state index in [1.165, 1.54) is 25.3 Å². The maximum absolute atomic E-state index is 13.6. The van der Waals surface area contributed by atoms with Gasteiger partial charge in [-0.2, -0.15) is 0 Å². The monoisotopic (exact) mass is 309 g/mol. The van der Waals surface area contributed by atoms with Gasteiger partial charge < -0.3 is 15.5 Å². The standard InChI is InChI=1S/C16H24FN3S/c1-19(2)16(5-4-6-16)11-20(3)10-12-7-13(15(18)21)9-14(17)8-12/h7-9H,4-6,10-11H2,1-3H3,(H2,18,21). The highest BCUT2D eigenvalue weighted by atomic mass is 32.1. The van der Waals surface area contributed by atoms with Gasteiger partial charge in [0, 0.05) is 24.2 Å². The van der Waals surface area contributed by atoms with Crippen LogP contribution < -0.4 is 5.73 Å². The van der Waals surface area contributed by atoms with Crippen molar-refractivity contribution in [3.63, 3.8) is 0 Å². The van der Waals surface area contributed by atoms with Crippen LogP contribution in [0.1, 0.15) is 30.4 Å². The molecule has 1 saturated carbocycles. The van der Waals surface area contributed by atoms with E-state index >= 15 is 0 Å². The fourth-order valence-electron chi connectivity index (χ4n) is 3.09. The summed E-state index contributed by atoms with van der Waals surface area (Å²) >= 11 is 4.94. The molecule has 0 amide bonds. The largest absolute Gasteiger partial charge is 0.389 e. The first kappa shape index (κ1) is 16.3. The predicted octanol–water partition coefficient (Wildman–Crippen LogP) is 2.38. The van der Waals surface area contributed by atoms with Gasteiger partial charge in [0.2, 0.25) is 0 Å². The van der Waals surface area contributed by atoms with E-state index in [0.717, 1.165) is 12.1 Å². The SMILES string of the molecule is CN(Cc1cc(F)cc(C(N)=S)c1)CC1(N(C)C)CCC1. The second-order valence-electron chi connectivity index (χ2n) is 6.36. The Morgan fingerprint density at radius 2 is 1.95 bits per heavy atom. The fourth-order valence-corrected chi connectivity index (χ4v) is 3.20. The second-order valence-corrected chi connectivity index (χ2v) is 6.80. The number of hydrogen-bond donors (Lipinski definition) is 1. The summed E-state index contributed by atoms with van der Waals surface area (Å²) in [7, 11) is 6.36. The molecule has 0 unspecified atom stereocenters. The normalized spacial score (nSPS) is 17.0. The van der Waals surface area contributed by atoms with E-state index in [9.17, 15) is 4.39 Å². The maximum atomic E-state index is 13.6. The van der Waals surface area contributed by atoms with Crippen LogP contribution in [0.15, 0.2) is 18.2 Å². The van der Waals surface area contributed by atoms with Crippen LogP contribution in [0.3, 0.4) is 0 Å². The Labute approximate surface area is 131 Å². The van der Waals surface area contributed by atoms with Crippen molar-refractivity contribution in [1.82, 2.24) is 9.80 Å². The molecule has 0 bridgehead atoms. The first-order chi connectivity index (χ1) is 9.82. The Kier molecular flexibility index (Phi) is 4.96. The molecule has 0 saturated heterocycles. The summed E-state index contributed by atoms with van der Waals surface area (Å²) in [6.45, 7) is 1.68. The zero-order valence-electron chi connectivity index (χ0n) is 13.0. The number of hydrogen-bond acceptors (Lipinski definition) is 3. The lowest BCUT2D eigenvalue weighted by Crippen LogP contribution is -2.56. The molecule has 0 heterocycles. The van der Waals surface area contributed by atoms with Crippen molar-refractivity contribution >= 4 is 17.2 Å². The summed E-state index contributed by atoms with van der Waals surface area (Å²) in [6, 6.07) is 4.82. The molecule has 5 heteroatoms. The Hall–Kier alpha value is -1.04. The maximum Gasteiger partial charge on any atom is 0.124 e. The van der Waals surface area contributed by atoms with Gasteiger partial charge in [0.05, 0.1) is 0 Å². The Bertz CT molecular complexity index is 526. The van der Waals surface area contributed by atoms with Crippen LogP contribution in [0.5, 0.6) is 0 Å². The summed E-state index contributed by atoms with van der Waals surface area (Å²) in [5.41, 5.74) is 7.38.